The molecule has 1 N–H and O–H groups in total. The lowest BCUT2D eigenvalue weighted by atomic mass is 10.2. The van der Waals surface area contributed by atoms with Crippen LogP contribution in [0.3, 0.4) is 0 Å². The summed E-state index contributed by atoms with van der Waals surface area (Å²) in [5.41, 5.74) is 1.40. The van der Waals surface area contributed by atoms with Gasteiger partial charge in [-0.25, -0.2) is 9.78 Å². The van der Waals surface area contributed by atoms with Crippen LogP contribution in [0.1, 0.15) is 17.3 Å². The van der Waals surface area contributed by atoms with Crippen LogP contribution >= 0.6 is 0 Å². The molecule has 0 atom stereocenters. The van der Waals surface area contributed by atoms with Crippen molar-refractivity contribution in [3.05, 3.63) is 36.0 Å². The molecule has 1 rings (SSSR count). The Morgan fingerprint density at radius 2 is 2.40 bits per heavy atom. The van der Waals surface area contributed by atoms with E-state index in [1.165, 1.54) is 7.11 Å². The van der Waals surface area contributed by atoms with Gasteiger partial charge in [-0.3, -0.25) is 0 Å². The van der Waals surface area contributed by atoms with Gasteiger partial charge in [0.05, 0.1) is 7.11 Å². The molecule has 0 unspecified atom stereocenters. The molecule has 0 aliphatic rings. The summed E-state index contributed by atoms with van der Waals surface area (Å²) < 4.78 is 4.64. The first-order valence-electron chi connectivity index (χ1n) is 4.56. The largest absolute Gasteiger partial charge is 0.465 e. The van der Waals surface area contributed by atoms with Crippen molar-refractivity contribution in [2.24, 2.45) is 0 Å². The van der Waals surface area contributed by atoms with Crippen LogP contribution in [0, 0.1) is 0 Å². The second-order valence-electron chi connectivity index (χ2n) is 3.20. The van der Waals surface area contributed by atoms with E-state index in [4.69, 9.17) is 0 Å². The number of nitrogens with one attached hydrogen (secondary N) is 1. The number of carbonyl (C=O) groups excluding carboxylic acids is 1. The van der Waals surface area contributed by atoms with Gasteiger partial charge in [0.2, 0.25) is 0 Å². The fraction of sp³-hybridized carbons (Fsp3) is 0.273. The minimum atomic E-state index is -0.396. The van der Waals surface area contributed by atoms with Gasteiger partial charge in [0.1, 0.15) is 11.4 Å². The normalized spacial score (nSPS) is 9.47. The SMILES string of the molecule is C=C(C)CNc1ncccc1C(=O)OC. The first-order valence-corrected chi connectivity index (χ1v) is 4.56. The van der Waals surface area contributed by atoms with Gasteiger partial charge in [-0.15, -0.1) is 0 Å². The van der Waals surface area contributed by atoms with Crippen molar-refractivity contribution >= 4 is 11.8 Å². The van der Waals surface area contributed by atoms with Crippen LogP contribution in [-0.2, 0) is 4.74 Å². The molecule has 0 amide bonds. The molecule has 1 heterocycles. The van der Waals surface area contributed by atoms with Crippen LogP contribution in [0.4, 0.5) is 5.82 Å². The Kier molecular flexibility index (Phi) is 3.85. The molecule has 0 aliphatic heterocycles. The molecule has 0 spiro atoms. The molecule has 0 fully saturated rings. The topological polar surface area (TPSA) is 51.2 Å². The molecule has 80 valence electrons. The fourth-order valence-corrected chi connectivity index (χ4v) is 1.06. The van der Waals surface area contributed by atoms with Crippen molar-refractivity contribution in [3.63, 3.8) is 0 Å². The first-order chi connectivity index (χ1) is 7.15. The zero-order valence-electron chi connectivity index (χ0n) is 8.91. The average molecular weight is 206 g/mol. The smallest absolute Gasteiger partial charge is 0.341 e. The van der Waals surface area contributed by atoms with Crippen LogP contribution < -0.4 is 5.32 Å². The number of ether oxygens (including phenoxy) is 1. The molecule has 1 aromatic rings. The molecule has 0 radical (unpaired) electrons. The zero-order valence-corrected chi connectivity index (χ0v) is 8.91. The maximum Gasteiger partial charge on any atom is 0.341 e. The molecule has 4 heteroatoms. The third kappa shape index (κ3) is 3.09. The van der Waals surface area contributed by atoms with Crippen molar-refractivity contribution in [2.75, 3.05) is 19.0 Å². The van der Waals surface area contributed by atoms with Crippen LogP contribution in [-0.4, -0.2) is 24.6 Å². The molecule has 0 aromatic carbocycles. The lowest BCUT2D eigenvalue weighted by molar-refractivity contribution is 0.0601. The number of hydrogen-bond donors (Lipinski definition) is 1. The first kappa shape index (κ1) is 11.2. The Bertz CT molecular complexity index is 375. The Morgan fingerprint density at radius 3 is 3.00 bits per heavy atom. The lowest BCUT2D eigenvalue weighted by Gasteiger charge is -2.08. The highest BCUT2D eigenvalue weighted by molar-refractivity contribution is 5.94. The quantitative estimate of drug-likeness (QED) is 0.603. The number of rotatable bonds is 4. The number of nitrogens with zero attached hydrogens (tertiary/aromatic N) is 1. The highest BCUT2D eigenvalue weighted by atomic mass is 16.5. The van der Waals surface area contributed by atoms with Crippen molar-refractivity contribution in [3.8, 4) is 0 Å². The van der Waals surface area contributed by atoms with E-state index in [-0.39, 0.29) is 0 Å². The third-order valence-corrected chi connectivity index (χ3v) is 1.77. The minimum Gasteiger partial charge on any atom is -0.465 e. The van der Waals surface area contributed by atoms with E-state index < -0.39 is 5.97 Å². The van der Waals surface area contributed by atoms with Crippen LogP contribution in [0.5, 0.6) is 0 Å². The molecule has 0 aliphatic carbocycles. The molecule has 1 aromatic heterocycles. The van der Waals surface area contributed by atoms with Gasteiger partial charge >= 0.3 is 5.97 Å². The van der Waals surface area contributed by atoms with Gasteiger partial charge < -0.3 is 10.1 Å². The fourth-order valence-electron chi connectivity index (χ4n) is 1.06. The Hall–Kier alpha value is -1.84. The van der Waals surface area contributed by atoms with Gasteiger partial charge in [0, 0.05) is 12.7 Å². The number of aromatic nitrogens is 1. The summed E-state index contributed by atoms with van der Waals surface area (Å²) in [6.45, 7) is 6.24. The number of hydrogen-bond acceptors (Lipinski definition) is 4. The highest BCUT2D eigenvalue weighted by Gasteiger charge is 2.11. The van der Waals surface area contributed by atoms with E-state index in [1.54, 1.807) is 18.3 Å². The monoisotopic (exact) mass is 206 g/mol. The number of pyridine rings is 1. The van der Waals surface area contributed by atoms with E-state index in [9.17, 15) is 4.79 Å². The summed E-state index contributed by atoms with van der Waals surface area (Å²) in [6.07, 6.45) is 1.62. The Labute approximate surface area is 89.0 Å². The second kappa shape index (κ2) is 5.14. The second-order valence-corrected chi connectivity index (χ2v) is 3.20. The molecular formula is C11H14N2O2. The number of methoxy groups -OCH3 is 1. The minimum absolute atomic E-state index is 0.396. The van der Waals surface area contributed by atoms with Gasteiger partial charge in [-0.2, -0.15) is 0 Å². The summed E-state index contributed by atoms with van der Waals surface area (Å²) in [7, 11) is 1.35. The summed E-state index contributed by atoms with van der Waals surface area (Å²) >= 11 is 0. The van der Waals surface area contributed by atoms with Gasteiger partial charge in [0.15, 0.2) is 0 Å². The molecule has 0 bridgehead atoms. The molecule has 4 nitrogen and oxygen atoms in total. The molecule has 0 saturated carbocycles. The molecule has 15 heavy (non-hydrogen) atoms. The van der Waals surface area contributed by atoms with E-state index >= 15 is 0 Å². The van der Waals surface area contributed by atoms with Gasteiger partial charge in [-0.05, 0) is 19.1 Å². The predicted molar refractivity (Wildman–Crippen MR) is 58.9 cm³/mol. The van der Waals surface area contributed by atoms with Crippen LogP contribution in [0.2, 0.25) is 0 Å². The zero-order chi connectivity index (χ0) is 11.3. The summed E-state index contributed by atoms with van der Waals surface area (Å²) in [4.78, 5) is 15.4. The maximum atomic E-state index is 11.4. The summed E-state index contributed by atoms with van der Waals surface area (Å²) in [6, 6.07) is 3.36. The van der Waals surface area contributed by atoms with Crippen LogP contribution in [0.15, 0.2) is 30.5 Å². The van der Waals surface area contributed by atoms with Gasteiger partial charge in [-0.1, -0.05) is 12.2 Å². The van der Waals surface area contributed by atoms with Gasteiger partial charge in [0.25, 0.3) is 0 Å². The molecular weight excluding hydrogens is 192 g/mol. The highest BCUT2D eigenvalue weighted by Crippen LogP contribution is 2.12. The average Bonchev–Trinajstić information content (AvgIpc) is 2.25. The summed E-state index contributed by atoms with van der Waals surface area (Å²) in [5.74, 6) is 0.125. The number of esters is 1. The lowest BCUT2D eigenvalue weighted by Crippen LogP contribution is -2.11. The molecule has 0 saturated heterocycles. The Morgan fingerprint density at radius 1 is 1.67 bits per heavy atom. The van der Waals surface area contributed by atoms with Crippen molar-refractivity contribution in [2.45, 2.75) is 6.92 Å². The van der Waals surface area contributed by atoms with E-state index in [0.29, 0.717) is 17.9 Å². The van der Waals surface area contributed by atoms with E-state index in [2.05, 4.69) is 21.6 Å². The number of anilines is 1. The predicted octanol–water partition coefficient (Wildman–Crippen LogP) is 1.86. The van der Waals surface area contributed by atoms with Crippen molar-refractivity contribution in [1.82, 2.24) is 4.98 Å². The maximum absolute atomic E-state index is 11.4. The van der Waals surface area contributed by atoms with Crippen LogP contribution in [0.25, 0.3) is 0 Å². The number of carbonyl (C=O) groups is 1. The summed E-state index contributed by atoms with van der Waals surface area (Å²) in [5, 5.41) is 3.02. The van der Waals surface area contributed by atoms with E-state index in [1.807, 2.05) is 6.92 Å². The third-order valence-electron chi connectivity index (χ3n) is 1.77. The van der Waals surface area contributed by atoms with E-state index in [0.717, 1.165) is 5.57 Å². The Balaban J connectivity index is 2.86. The van der Waals surface area contributed by atoms with Crippen molar-refractivity contribution in [1.29, 1.82) is 0 Å². The van der Waals surface area contributed by atoms with Crippen molar-refractivity contribution < 1.29 is 9.53 Å². The standard InChI is InChI=1S/C11H14N2O2/c1-8(2)7-13-10-9(11(14)15-3)5-4-6-12-10/h4-6H,1,7H2,2-3H3,(H,12,13).